The largest absolute Gasteiger partial charge is 0.491 e. The number of rotatable bonds is 7. The molecular formula is C19H24N2O2. The number of nitrogens with zero attached hydrogens (tertiary/aromatic N) is 1. The average Bonchev–Trinajstić information content (AvgIpc) is 2.56. The van der Waals surface area contributed by atoms with Crippen molar-refractivity contribution in [1.82, 2.24) is 4.90 Å². The van der Waals surface area contributed by atoms with Crippen molar-refractivity contribution in [3.63, 3.8) is 0 Å². The van der Waals surface area contributed by atoms with E-state index in [9.17, 15) is 4.79 Å². The highest BCUT2D eigenvalue weighted by Gasteiger charge is 2.18. The third-order valence-corrected chi connectivity index (χ3v) is 3.77. The smallest absolute Gasteiger partial charge is 0.239 e. The number of hydrogen-bond donors (Lipinski definition) is 1. The van der Waals surface area contributed by atoms with Crippen LogP contribution in [0.5, 0.6) is 5.75 Å². The normalized spacial score (nSPS) is 11.8. The van der Waals surface area contributed by atoms with Gasteiger partial charge < -0.3 is 15.4 Å². The van der Waals surface area contributed by atoms with Crippen LogP contribution in [-0.4, -0.2) is 37.0 Å². The Bertz CT molecular complexity index is 628. The van der Waals surface area contributed by atoms with Crippen LogP contribution in [-0.2, 0) is 11.2 Å². The van der Waals surface area contributed by atoms with E-state index < -0.39 is 6.04 Å². The quantitative estimate of drug-likeness (QED) is 0.854. The summed E-state index contributed by atoms with van der Waals surface area (Å²) in [4.78, 5) is 13.9. The highest BCUT2D eigenvalue weighted by Crippen LogP contribution is 2.15. The maximum atomic E-state index is 12.3. The van der Waals surface area contributed by atoms with Crippen LogP contribution in [0.25, 0.3) is 0 Å². The first-order chi connectivity index (χ1) is 11.1. The van der Waals surface area contributed by atoms with Crippen LogP contribution in [0.4, 0.5) is 0 Å². The molecule has 0 fully saturated rings. The molecule has 2 N–H and O–H groups in total. The zero-order valence-electron chi connectivity index (χ0n) is 13.7. The van der Waals surface area contributed by atoms with Crippen LogP contribution in [0.15, 0.2) is 54.6 Å². The second-order valence-corrected chi connectivity index (χ2v) is 5.67. The number of likely N-dealkylation sites (N-methyl/N-ethyl adjacent to an activating group) is 1. The number of carbonyl (C=O) groups excluding carboxylic acids is 1. The third-order valence-electron chi connectivity index (χ3n) is 3.77. The molecule has 0 aliphatic heterocycles. The second kappa shape index (κ2) is 8.34. The molecule has 0 bridgehead atoms. The maximum absolute atomic E-state index is 12.3. The van der Waals surface area contributed by atoms with Crippen LogP contribution >= 0.6 is 0 Å². The van der Waals surface area contributed by atoms with Gasteiger partial charge in [-0.1, -0.05) is 48.5 Å². The van der Waals surface area contributed by atoms with E-state index in [2.05, 4.69) is 0 Å². The predicted octanol–water partition coefficient (Wildman–Crippen LogP) is 2.40. The Hall–Kier alpha value is -2.33. The van der Waals surface area contributed by atoms with E-state index in [0.717, 1.165) is 16.9 Å². The number of para-hydroxylation sites is 1. The number of ether oxygens (including phenoxy) is 1. The highest BCUT2D eigenvalue weighted by atomic mass is 16.5. The summed E-state index contributed by atoms with van der Waals surface area (Å²) in [7, 11) is 1.76. The Kier molecular flexibility index (Phi) is 6.18. The first-order valence-corrected chi connectivity index (χ1v) is 7.81. The first kappa shape index (κ1) is 17.0. The predicted molar refractivity (Wildman–Crippen MR) is 92.4 cm³/mol. The van der Waals surface area contributed by atoms with Crippen molar-refractivity contribution in [2.45, 2.75) is 19.4 Å². The molecule has 1 unspecified atom stereocenters. The summed E-state index contributed by atoms with van der Waals surface area (Å²) in [5, 5.41) is 0. The molecule has 1 amide bonds. The molecule has 1 atom stereocenters. The average molecular weight is 312 g/mol. The van der Waals surface area contributed by atoms with Gasteiger partial charge in [-0.05, 0) is 30.5 Å². The zero-order chi connectivity index (χ0) is 16.7. The molecule has 2 rings (SSSR count). The lowest BCUT2D eigenvalue weighted by Crippen LogP contribution is -2.44. The maximum Gasteiger partial charge on any atom is 0.239 e. The number of carbonyl (C=O) groups is 1. The SMILES string of the molecule is Cc1ccccc1OCCN(C)C(=O)C(N)Cc1ccccc1. The van der Waals surface area contributed by atoms with Gasteiger partial charge >= 0.3 is 0 Å². The van der Waals surface area contributed by atoms with Gasteiger partial charge in [-0.3, -0.25) is 4.79 Å². The summed E-state index contributed by atoms with van der Waals surface area (Å²) in [6.45, 7) is 2.96. The number of amides is 1. The molecule has 0 aliphatic rings. The fraction of sp³-hybridized carbons (Fsp3) is 0.316. The molecule has 2 aromatic carbocycles. The molecule has 0 aromatic heterocycles. The number of nitrogens with two attached hydrogens (primary N) is 1. The van der Waals surface area contributed by atoms with E-state index in [1.807, 2.05) is 61.5 Å². The minimum absolute atomic E-state index is 0.0674. The summed E-state index contributed by atoms with van der Waals surface area (Å²) in [5.74, 6) is 0.782. The molecule has 122 valence electrons. The summed E-state index contributed by atoms with van der Waals surface area (Å²) in [6.07, 6.45) is 0.544. The van der Waals surface area contributed by atoms with Gasteiger partial charge in [-0.25, -0.2) is 0 Å². The first-order valence-electron chi connectivity index (χ1n) is 7.81. The third kappa shape index (κ3) is 5.11. The van der Waals surface area contributed by atoms with Gasteiger partial charge in [0.15, 0.2) is 0 Å². The fourth-order valence-electron chi connectivity index (χ4n) is 2.36. The standard InChI is InChI=1S/C19H24N2O2/c1-15-8-6-7-11-18(15)23-13-12-21(2)19(22)17(20)14-16-9-4-3-5-10-16/h3-11,17H,12-14,20H2,1-2H3. The van der Waals surface area contributed by atoms with Gasteiger partial charge in [0, 0.05) is 7.05 Å². The van der Waals surface area contributed by atoms with Gasteiger partial charge in [0.05, 0.1) is 12.6 Å². The minimum Gasteiger partial charge on any atom is -0.491 e. The summed E-state index contributed by atoms with van der Waals surface area (Å²) in [6, 6.07) is 17.1. The second-order valence-electron chi connectivity index (χ2n) is 5.67. The van der Waals surface area contributed by atoms with E-state index in [4.69, 9.17) is 10.5 Å². The topological polar surface area (TPSA) is 55.6 Å². The summed E-state index contributed by atoms with van der Waals surface area (Å²) < 4.78 is 5.72. The minimum atomic E-state index is -0.527. The Labute approximate surface area is 137 Å². The molecule has 4 heteroatoms. The van der Waals surface area contributed by atoms with E-state index in [1.165, 1.54) is 0 Å². The number of aryl methyl sites for hydroxylation is 1. The lowest BCUT2D eigenvalue weighted by Gasteiger charge is -2.21. The van der Waals surface area contributed by atoms with Crippen molar-refractivity contribution < 1.29 is 9.53 Å². The van der Waals surface area contributed by atoms with Crippen molar-refractivity contribution in [3.8, 4) is 5.75 Å². The van der Waals surface area contributed by atoms with Gasteiger partial charge in [0.25, 0.3) is 0 Å². The van der Waals surface area contributed by atoms with Crippen molar-refractivity contribution in [1.29, 1.82) is 0 Å². The number of hydrogen-bond acceptors (Lipinski definition) is 3. The van der Waals surface area contributed by atoms with Gasteiger partial charge in [0.1, 0.15) is 12.4 Å². The van der Waals surface area contributed by atoms with Crippen LogP contribution in [0.1, 0.15) is 11.1 Å². The molecule has 0 aliphatic carbocycles. The molecule has 0 spiro atoms. The van der Waals surface area contributed by atoms with Gasteiger partial charge in [-0.15, -0.1) is 0 Å². The van der Waals surface area contributed by atoms with Crippen molar-refractivity contribution in [2.75, 3.05) is 20.2 Å². The molecule has 0 saturated heterocycles. The van der Waals surface area contributed by atoms with Crippen molar-refractivity contribution in [2.24, 2.45) is 5.73 Å². The molecule has 4 nitrogen and oxygen atoms in total. The summed E-state index contributed by atoms with van der Waals surface area (Å²) in [5.41, 5.74) is 8.18. The highest BCUT2D eigenvalue weighted by molar-refractivity contribution is 5.81. The summed E-state index contributed by atoms with van der Waals surface area (Å²) >= 11 is 0. The Balaban J connectivity index is 1.79. The van der Waals surface area contributed by atoms with E-state index in [-0.39, 0.29) is 5.91 Å². The Morgan fingerprint density at radius 3 is 2.48 bits per heavy atom. The van der Waals surface area contributed by atoms with Crippen LogP contribution in [0.2, 0.25) is 0 Å². The van der Waals surface area contributed by atoms with Gasteiger partial charge in [-0.2, -0.15) is 0 Å². The van der Waals surface area contributed by atoms with Crippen LogP contribution < -0.4 is 10.5 Å². The number of benzene rings is 2. The Morgan fingerprint density at radius 2 is 1.78 bits per heavy atom. The Morgan fingerprint density at radius 1 is 1.13 bits per heavy atom. The van der Waals surface area contributed by atoms with Crippen LogP contribution in [0.3, 0.4) is 0 Å². The molecule has 0 radical (unpaired) electrons. The van der Waals surface area contributed by atoms with E-state index >= 15 is 0 Å². The molecule has 2 aromatic rings. The zero-order valence-corrected chi connectivity index (χ0v) is 13.7. The molecular weight excluding hydrogens is 288 g/mol. The van der Waals surface area contributed by atoms with Crippen LogP contribution in [0, 0.1) is 6.92 Å². The lowest BCUT2D eigenvalue weighted by atomic mass is 10.1. The fourth-order valence-corrected chi connectivity index (χ4v) is 2.36. The van der Waals surface area contributed by atoms with E-state index in [0.29, 0.717) is 19.6 Å². The molecule has 23 heavy (non-hydrogen) atoms. The lowest BCUT2D eigenvalue weighted by molar-refractivity contribution is -0.131. The van der Waals surface area contributed by atoms with Crippen molar-refractivity contribution >= 4 is 5.91 Å². The monoisotopic (exact) mass is 312 g/mol. The van der Waals surface area contributed by atoms with Gasteiger partial charge in [0.2, 0.25) is 5.91 Å². The molecule has 0 heterocycles. The van der Waals surface area contributed by atoms with E-state index in [1.54, 1.807) is 11.9 Å². The van der Waals surface area contributed by atoms with Crippen molar-refractivity contribution in [3.05, 3.63) is 65.7 Å². The molecule has 0 saturated carbocycles.